The van der Waals surface area contributed by atoms with Crippen molar-refractivity contribution in [2.45, 2.75) is 6.42 Å². The van der Waals surface area contributed by atoms with E-state index in [2.05, 4.69) is 5.32 Å². The topological polar surface area (TPSA) is 58.3 Å². The molecule has 0 bridgehead atoms. The van der Waals surface area contributed by atoms with Crippen molar-refractivity contribution >= 4 is 34.0 Å². The number of hydrogen-bond acceptors (Lipinski definition) is 3. The summed E-state index contributed by atoms with van der Waals surface area (Å²) >= 11 is 0. The Bertz CT molecular complexity index is 42.6. The fourth-order valence-electron chi connectivity index (χ4n) is 0.431. The zero-order chi connectivity index (χ0) is 6.24. The quantitative estimate of drug-likeness (QED) is 0.625. The van der Waals surface area contributed by atoms with Gasteiger partial charge in [0, 0.05) is 6.54 Å². The van der Waals surface area contributed by atoms with Crippen LogP contribution in [0.25, 0.3) is 0 Å². The molecule has 0 aromatic heterocycles. The average Bonchev–Trinajstić information content (AvgIpc) is 1.81. The number of hydrogen-bond donors (Lipinski definition) is 3. The minimum Gasteiger partial charge on any atom is -0.395 e. The van der Waals surface area contributed by atoms with Gasteiger partial charge in [-0.3, -0.25) is 0 Å². The van der Waals surface area contributed by atoms with E-state index in [-0.39, 0.29) is 40.6 Å². The summed E-state index contributed by atoms with van der Waals surface area (Å²) in [6.45, 7) is 2.53. The molecule has 0 aromatic rings. The van der Waals surface area contributed by atoms with E-state index in [9.17, 15) is 0 Å². The minimum absolute atomic E-state index is 0. The highest BCUT2D eigenvalue weighted by atomic mass is 79.9. The van der Waals surface area contributed by atoms with Gasteiger partial charge in [-0.2, -0.15) is 0 Å². The highest BCUT2D eigenvalue weighted by Crippen LogP contribution is 1.66. The normalized spacial score (nSPS) is 7.80. The third-order valence-electron chi connectivity index (χ3n) is 0.846. The van der Waals surface area contributed by atoms with Crippen molar-refractivity contribution in [2.75, 3.05) is 26.2 Å². The zero-order valence-electron chi connectivity index (χ0n) is 5.88. The molecule has 10 heavy (non-hydrogen) atoms. The Hall–Kier alpha value is 0.840. The molecule has 3 nitrogen and oxygen atoms in total. The molecule has 0 rings (SSSR count). The molecule has 0 unspecified atom stereocenters. The van der Waals surface area contributed by atoms with Crippen LogP contribution in [0.5, 0.6) is 0 Å². The van der Waals surface area contributed by atoms with E-state index in [0.717, 1.165) is 19.5 Å². The first-order valence-electron chi connectivity index (χ1n) is 2.93. The number of nitrogens with two attached hydrogens (primary N) is 1. The summed E-state index contributed by atoms with van der Waals surface area (Å²) in [5, 5.41) is 11.3. The Labute approximate surface area is 82.9 Å². The van der Waals surface area contributed by atoms with Gasteiger partial charge in [0.25, 0.3) is 0 Å². The average molecular weight is 280 g/mol. The minimum atomic E-state index is 0. The van der Waals surface area contributed by atoms with Gasteiger partial charge in [-0.25, -0.2) is 0 Å². The van der Waals surface area contributed by atoms with Crippen LogP contribution in [-0.4, -0.2) is 31.3 Å². The SMILES string of the molecule is Br.Br.NCCCNCCO. The second-order valence-corrected chi connectivity index (χ2v) is 1.62. The van der Waals surface area contributed by atoms with Crippen molar-refractivity contribution in [1.29, 1.82) is 0 Å². The number of aliphatic hydroxyl groups is 1. The van der Waals surface area contributed by atoms with Crippen LogP contribution < -0.4 is 11.1 Å². The van der Waals surface area contributed by atoms with E-state index in [4.69, 9.17) is 10.8 Å². The summed E-state index contributed by atoms with van der Waals surface area (Å²) < 4.78 is 0. The van der Waals surface area contributed by atoms with E-state index in [1.165, 1.54) is 0 Å². The van der Waals surface area contributed by atoms with Crippen LogP contribution >= 0.6 is 34.0 Å². The lowest BCUT2D eigenvalue weighted by Crippen LogP contribution is -2.21. The van der Waals surface area contributed by atoms with Gasteiger partial charge in [0.2, 0.25) is 0 Å². The summed E-state index contributed by atoms with van der Waals surface area (Å²) in [5.41, 5.74) is 5.21. The second-order valence-electron chi connectivity index (χ2n) is 1.62. The highest BCUT2D eigenvalue weighted by molar-refractivity contribution is 8.93. The van der Waals surface area contributed by atoms with Crippen LogP contribution in [0.15, 0.2) is 0 Å². The largest absolute Gasteiger partial charge is 0.395 e. The molecule has 0 aliphatic rings. The molecule has 0 saturated heterocycles. The van der Waals surface area contributed by atoms with Gasteiger partial charge in [-0.05, 0) is 19.5 Å². The first-order valence-corrected chi connectivity index (χ1v) is 2.93. The summed E-state index contributed by atoms with van der Waals surface area (Å²) in [4.78, 5) is 0. The summed E-state index contributed by atoms with van der Waals surface area (Å²) in [5.74, 6) is 0. The lowest BCUT2D eigenvalue weighted by atomic mass is 10.4. The fourth-order valence-corrected chi connectivity index (χ4v) is 0.431. The summed E-state index contributed by atoms with van der Waals surface area (Å²) in [6.07, 6.45) is 0.986. The molecule has 0 saturated carbocycles. The van der Waals surface area contributed by atoms with Gasteiger partial charge >= 0.3 is 0 Å². The number of aliphatic hydroxyl groups excluding tert-OH is 1. The molecular weight excluding hydrogens is 264 g/mol. The third kappa shape index (κ3) is 15.9. The molecule has 0 spiro atoms. The van der Waals surface area contributed by atoms with Gasteiger partial charge in [0.05, 0.1) is 6.61 Å². The molecule has 0 heterocycles. The summed E-state index contributed by atoms with van der Waals surface area (Å²) in [6, 6.07) is 0. The predicted molar refractivity (Wildman–Crippen MR) is 54.3 cm³/mol. The molecule has 0 amide bonds. The Morgan fingerprint density at radius 2 is 1.80 bits per heavy atom. The maximum absolute atomic E-state index is 8.27. The predicted octanol–water partition coefficient (Wildman–Crippen LogP) is 0.0729. The molecule has 66 valence electrons. The second kappa shape index (κ2) is 16.4. The molecule has 0 aromatic carbocycles. The van der Waals surface area contributed by atoms with Crippen molar-refractivity contribution in [3.05, 3.63) is 0 Å². The van der Waals surface area contributed by atoms with Crippen molar-refractivity contribution in [1.82, 2.24) is 5.32 Å². The molecular formula is C5H16Br2N2O. The monoisotopic (exact) mass is 278 g/mol. The zero-order valence-corrected chi connectivity index (χ0v) is 9.30. The van der Waals surface area contributed by atoms with Gasteiger partial charge in [-0.1, -0.05) is 0 Å². The van der Waals surface area contributed by atoms with Crippen molar-refractivity contribution < 1.29 is 5.11 Å². The Balaban J connectivity index is -0.000000245. The van der Waals surface area contributed by atoms with Gasteiger partial charge in [0.15, 0.2) is 0 Å². The standard InChI is InChI=1S/C5H14N2O.2BrH/c6-2-1-3-7-4-5-8;;/h7-8H,1-6H2;2*1H. The Kier molecular flexibility index (Phi) is 28.1. The van der Waals surface area contributed by atoms with Crippen LogP contribution in [0.2, 0.25) is 0 Å². The molecule has 5 heteroatoms. The fraction of sp³-hybridized carbons (Fsp3) is 1.00. The highest BCUT2D eigenvalue weighted by Gasteiger charge is 1.81. The van der Waals surface area contributed by atoms with Crippen LogP contribution in [0.4, 0.5) is 0 Å². The van der Waals surface area contributed by atoms with Crippen LogP contribution in [0, 0.1) is 0 Å². The van der Waals surface area contributed by atoms with E-state index < -0.39 is 0 Å². The van der Waals surface area contributed by atoms with Crippen molar-refractivity contribution in [3.8, 4) is 0 Å². The number of halogens is 2. The van der Waals surface area contributed by atoms with Crippen LogP contribution in [0.1, 0.15) is 6.42 Å². The first kappa shape index (κ1) is 17.1. The van der Waals surface area contributed by atoms with Crippen LogP contribution in [0.3, 0.4) is 0 Å². The smallest absolute Gasteiger partial charge is 0.0555 e. The van der Waals surface area contributed by atoms with Gasteiger partial charge in [0.1, 0.15) is 0 Å². The number of rotatable bonds is 5. The van der Waals surface area contributed by atoms with Crippen LogP contribution in [-0.2, 0) is 0 Å². The molecule has 0 fully saturated rings. The van der Waals surface area contributed by atoms with E-state index in [1.54, 1.807) is 0 Å². The van der Waals surface area contributed by atoms with Gasteiger partial charge < -0.3 is 16.2 Å². The van der Waals surface area contributed by atoms with Gasteiger partial charge in [-0.15, -0.1) is 34.0 Å². The van der Waals surface area contributed by atoms with E-state index >= 15 is 0 Å². The lowest BCUT2D eigenvalue weighted by molar-refractivity contribution is 0.292. The molecule has 0 atom stereocenters. The maximum atomic E-state index is 8.27. The molecule has 4 N–H and O–H groups in total. The third-order valence-corrected chi connectivity index (χ3v) is 0.846. The lowest BCUT2D eigenvalue weighted by Gasteiger charge is -1.97. The van der Waals surface area contributed by atoms with Crippen molar-refractivity contribution in [2.24, 2.45) is 5.73 Å². The van der Waals surface area contributed by atoms with Crippen molar-refractivity contribution in [3.63, 3.8) is 0 Å². The first-order chi connectivity index (χ1) is 3.91. The molecule has 0 aliphatic heterocycles. The maximum Gasteiger partial charge on any atom is 0.0555 e. The van der Waals surface area contributed by atoms with E-state index in [1.807, 2.05) is 0 Å². The molecule has 0 radical (unpaired) electrons. The summed E-state index contributed by atoms with van der Waals surface area (Å²) in [7, 11) is 0. The Morgan fingerprint density at radius 1 is 1.20 bits per heavy atom. The molecule has 0 aliphatic carbocycles. The number of nitrogens with one attached hydrogen (secondary N) is 1. The Morgan fingerprint density at radius 3 is 2.20 bits per heavy atom. The van der Waals surface area contributed by atoms with E-state index in [0.29, 0.717) is 6.54 Å².